The smallest absolute Gasteiger partial charge is 0.323 e. The average Bonchev–Trinajstić information content (AvgIpc) is 3.01. The molecule has 26 heavy (non-hydrogen) atoms. The van der Waals surface area contributed by atoms with Crippen molar-refractivity contribution in [2.75, 3.05) is 36.4 Å². The zero-order chi connectivity index (χ0) is 18.1. The first-order valence-corrected chi connectivity index (χ1v) is 8.75. The maximum absolute atomic E-state index is 12.4. The third kappa shape index (κ3) is 3.39. The van der Waals surface area contributed by atoms with Crippen molar-refractivity contribution in [3.05, 3.63) is 58.0 Å². The van der Waals surface area contributed by atoms with E-state index in [4.69, 9.17) is 11.6 Å². The molecule has 2 heterocycles. The number of H-pyrrole nitrogens is 2. The molecule has 2 aromatic carbocycles. The fourth-order valence-electron chi connectivity index (χ4n) is 3.15. The summed E-state index contributed by atoms with van der Waals surface area (Å²) in [6.07, 6.45) is 0. The number of hydrogen-bond acceptors (Lipinski definition) is 3. The Morgan fingerprint density at radius 3 is 2.54 bits per heavy atom. The van der Waals surface area contributed by atoms with Crippen molar-refractivity contribution in [3.63, 3.8) is 0 Å². The predicted octanol–water partition coefficient (Wildman–Crippen LogP) is 2.86. The largest absolute Gasteiger partial charge is 0.368 e. The van der Waals surface area contributed by atoms with Gasteiger partial charge in [-0.05, 0) is 36.4 Å². The van der Waals surface area contributed by atoms with Crippen molar-refractivity contribution in [1.29, 1.82) is 0 Å². The minimum Gasteiger partial charge on any atom is -0.368 e. The van der Waals surface area contributed by atoms with Gasteiger partial charge in [0, 0.05) is 42.6 Å². The van der Waals surface area contributed by atoms with Crippen LogP contribution in [-0.4, -0.2) is 47.1 Å². The number of aromatic nitrogens is 2. The van der Waals surface area contributed by atoms with E-state index in [-0.39, 0.29) is 11.7 Å². The Morgan fingerprint density at radius 2 is 1.77 bits per heavy atom. The zero-order valence-electron chi connectivity index (χ0n) is 14.0. The van der Waals surface area contributed by atoms with Gasteiger partial charge in [-0.25, -0.2) is 9.59 Å². The second-order valence-electron chi connectivity index (χ2n) is 6.22. The van der Waals surface area contributed by atoms with Gasteiger partial charge in [0.05, 0.1) is 11.0 Å². The summed E-state index contributed by atoms with van der Waals surface area (Å²) in [5, 5.41) is 3.46. The normalized spacial score (nSPS) is 14.7. The van der Waals surface area contributed by atoms with E-state index >= 15 is 0 Å². The lowest BCUT2D eigenvalue weighted by molar-refractivity contribution is 0.208. The summed E-state index contributed by atoms with van der Waals surface area (Å²) in [5.74, 6) is 0. The van der Waals surface area contributed by atoms with Gasteiger partial charge >= 0.3 is 11.7 Å². The number of amides is 2. The Kier molecular flexibility index (Phi) is 4.30. The van der Waals surface area contributed by atoms with E-state index < -0.39 is 0 Å². The molecule has 1 aliphatic heterocycles. The topological polar surface area (TPSA) is 84.2 Å². The minimum atomic E-state index is -0.209. The first-order chi connectivity index (χ1) is 12.6. The maximum Gasteiger partial charge on any atom is 0.323 e. The molecule has 1 fully saturated rings. The molecule has 3 N–H and O–H groups in total. The Bertz CT molecular complexity index is 1000. The number of nitrogens with one attached hydrogen (secondary N) is 3. The van der Waals surface area contributed by atoms with Crippen LogP contribution in [0.4, 0.5) is 16.2 Å². The maximum atomic E-state index is 12.4. The predicted molar refractivity (Wildman–Crippen MR) is 103 cm³/mol. The van der Waals surface area contributed by atoms with Gasteiger partial charge in [-0.2, -0.15) is 0 Å². The number of aromatic amines is 2. The molecule has 4 rings (SSSR count). The second-order valence-corrected chi connectivity index (χ2v) is 6.66. The fraction of sp³-hybridized carbons (Fsp3) is 0.222. The number of imidazole rings is 1. The summed E-state index contributed by atoms with van der Waals surface area (Å²) in [5.41, 5.74) is 3.08. The highest BCUT2D eigenvalue weighted by Gasteiger charge is 2.21. The number of anilines is 2. The number of benzene rings is 2. The highest BCUT2D eigenvalue weighted by atomic mass is 35.5. The van der Waals surface area contributed by atoms with Crippen LogP contribution in [0, 0.1) is 0 Å². The molecule has 0 bridgehead atoms. The molecular formula is C18H18ClN5O2. The van der Waals surface area contributed by atoms with Crippen LogP contribution >= 0.6 is 11.6 Å². The molecule has 1 saturated heterocycles. The van der Waals surface area contributed by atoms with Crippen molar-refractivity contribution in [2.45, 2.75) is 0 Å². The Labute approximate surface area is 154 Å². The van der Waals surface area contributed by atoms with E-state index in [2.05, 4.69) is 20.2 Å². The number of piperazine rings is 1. The van der Waals surface area contributed by atoms with E-state index in [1.54, 1.807) is 23.1 Å². The van der Waals surface area contributed by atoms with E-state index in [0.717, 1.165) is 29.8 Å². The molecule has 8 heteroatoms. The van der Waals surface area contributed by atoms with Gasteiger partial charge in [0.25, 0.3) is 0 Å². The number of halogens is 1. The number of hydrogen-bond donors (Lipinski definition) is 3. The van der Waals surface area contributed by atoms with Crippen molar-refractivity contribution in [1.82, 2.24) is 14.9 Å². The van der Waals surface area contributed by atoms with Crippen molar-refractivity contribution >= 4 is 40.0 Å². The highest BCUT2D eigenvalue weighted by Crippen LogP contribution is 2.21. The van der Waals surface area contributed by atoms with Gasteiger partial charge in [-0.3, -0.25) is 0 Å². The van der Waals surface area contributed by atoms with Gasteiger partial charge in [-0.15, -0.1) is 0 Å². The number of carbonyl (C=O) groups is 1. The van der Waals surface area contributed by atoms with E-state index in [1.807, 2.05) is 24.3 Å². The Hall–Kier alpha value is -2.93. The molecular weight excluding hydrogens is 354 g/mol. The highest BCUT2D eigenvalue weighted by molar-refractivity contribution is 6.30. The molecule has 0 unspecified atom stereocenters. The van der Waals surface area contributed by atoms with Crippen LogP contribution in [0.25, 0.3) is 11.0 Å². The summed E-state index contributed by atoms with van der Waals surface area (Å²) in [7, 11) is 0. The molecule has 134 valence electrons. The lowest BCUT2D eigenvalue weighted by Crippen LogP contribution is -2.50. The van der Waals surface area contributed by atoms with Crippen LogP contribution in [-0.2, 0) is 0 Å². The SMILES string of the molecule is O=C(Nc1cccc(Cl)c1)N1CCN(c2ccc3[nH]c(=O)[nH]c3c2)CC1. The van der Waals surface area contributed by atoms with Crippen molar-refractivity contribution < 1.29 is 4.79 Å². The summed E-state index contributed by atoms with van der Waals surface area (Å²) in [6, 6.07) is 12.8. The lowest BCUT2D eigenvalue weighted by atomic mass is 10.2. The number of nitrogens with zero attached hydrogens (tertiary/aromatic N) is 2. The summed E-state index contributed by atoms with van der Waals surface area (Å²) in [6.45, 7) is 2.69. The number of urea groups is 1. The minimum absolute atomic E-state index is 0.127. The molecule has 2 amide bonds. The number of rotatable bonds is 2. The van der Waals surface area contributed by atoms with Crippen LogP contribution in [0.15, 0.2) is 47.3 Å². The van der Waals surface area contributed by atoms with E-state index in [1.165, 1.54) is 0 Å². The van der Waals surface area contributed by atoms with Crippen molar-refractivity contribution in [2.24, 2.45) is 0 Å². The molecule has 1 aliphatic rings. The number of carbonyl (C=O) groups excluding carboxylic acids is 1. The Balaban J connectivity index is 1.39. The fourth-order valence-corrected chi connectivity index (χ4v) is 3.34. The zero-order valence-corrected chi connectivity index (χ0v) is 14.7. The van der Waals surface area contributed by atoms with Gasteiger partial charge in [0.2, 0.25) is 0 Å². The summed E-state index contributed by atoms with van der Waals surface area (Å²) >= 11 is 5.95. The van der Waals surface area contributed by atoms with Crippen LogP contribution in [0.1, 0.15) is 0 Å². The molecule has 0 saturated carbocycles. The van der Waals surface area contributed by atoms with E-state index in [0.29, 0.717) is 23.8 Å². The molecule has 3 aromatic rings. The lowest BCUT2D eigenvalue weighted by Gasteiger charge is -2.36. The molecule has 7 nitrogen and oxygen atoms in total. The molecule has 0 radical (unpaired) electrons. The average molecular weight is 372 g/mol. The summed E-state index contributed by atoms with van der Waals surface area (Å²) in [4.78, 5) is 33.3. The third-order valence-corrected chi connectivity index (χ3v) is 4.74. The van der Waals surface area contributed by atoms with Gasteiger partial charge in [0.1, 0.15) is 0 Å². The van der Waals surface area contributed by atoms with Crippen LogP contribution < -0.4 is 15.9 Å². The van der Waals surface area contributed by atoms with Gasteiger partial charge < -0.3 is 25.1 Å². The molecule has 0 spiro atoms. The van der Waals surface area contributed by atoms with Crippen LogP contribution in [0.3, 0.4) is 0 Å². The first kappa shape index (κ1) is 16.5. The monoisotopic (exact) mass is 371 g/mol. The molecule has 0 atom stereocenters. The van der Waals surface area contributed by atoms with E-state index in [9.17, 15) is 9.59 Å². The van der Waals surface area contributed by atoms with Crippen LogP contribution in [0.2, 0.25) is 5.02 Å². The molecule has 1 aromatic heterocycles. The van der Waals surface area contributed by atoms with Gasteiger partial charge in [0.15, 0.2) is 0 Å². The third-order valence-electron chi connectivity index (χ3n) is 4.51. The van der Waals surface area contributed by atoms with Crippen molar-refractivity contribution in [3.8, 4) is 0 Å². The summed E-state index contributed by atoms with van der Waals surface area (Å²) < 4.78 is 0. The quantitative estimate of drug-likeness (QED) is 0.647. The number of fused-ring (bicyclic) bond motifs is 1. The second kappa shape index (κ2) is 6.76. The first-order valence-electron chi connectivity index (χ1n) is 8.37. The van der Waals surface area contributed by atoms with Gasteiger partial charge in [-0.1, -0.05) is 17.7 Å². The Morgan fingerprint density at radius 1 is 1.00 bits per heavy atom. The van der Waals surface area contributed by atoms with Crippen LogP contribution in [0.5, 0.6) is 0 Å². The standard InChI is InChI=1S/C18H18ClN5O2/c19-12-2-1-3-13(10-12)20-18(26)24-8-6-23(7-9-24)14-4-5-15-16(11-14)22-17(25)21-15/h1-5,10-11H,6-9H2,(H,20,26)(H2,21,22,25). The molecule has 0 aliphatic carbocycles.